The second-order valence-electron chi connectivity index (χ2n) is 3.43. The van der Waals surface area contributed by atoms with E-state index in [1.165, 1.54) is 4.31 Å². The molecule has 7 nitrogen and oxygen atoms in total. The number of aromatic carboxylic acids is 1. The maximum absolute atomic E-state index is 12.2. The first-order chi connectivity index (χ1) is 8.03. The number of H-pyrrole nitrogens is 1. The quantitative estimate of drug-likeness (QED) is 0.796. The maximum Gasteiger partial charge on any atom is 0.340 e. The molecule has 94 valence electrons. The molecule has 9 heteroatoms. The Kier molecular flexibility index (Phi) is 3.40. The van der Waals surface area contributed by atoms with E-state index in [1.54, 1.807) is 11.8 Å². The standard InChI is InChI=1S/C8H11N3O4S2/c12-8(13)6-5-9-10-7(6)17(14,15)11-1-3-16-4-2-11/h5H,1-4H2,(H,9,10)(H,12,13). The van der Waals surface area contributed by atoms with Gasteiger partial charge < -0.3 is 5.11 Å². The number of hydrogen-bond donors (Lipinski definition) is 2. The van der Waals surface area contributed by atoms with E-state index < -0.39 is 16.0 Å². The van der Waals surface area contributed by atoms with Crippen molar-refractivity contribution in [1.29, 1.82) is 0 Å². The van der Waals surface area contributed by atoms with E-state index >= 15 is 0 Å². The molecule has 0 bridgehead atoms. The van der Waals surface area contributed by atoms with Crippen LogP contribution >= 0.6 is 11.8 Å². The Hall–Kier alpha value is -1.06. The number of sulfonamides is 1. The van der Waals surface area contributed by atoms with Crippen LogP contribution in [0.4, 0.5) is 0 Å². The monoisotopic (exact) mass is 277 g/mol. The van der Waals surface area contributed by atoms with Crippen LogP contribution in [0, 0.1) is 0 Å². The van der Waals surface area contributed by atoms with Gasteiger partial charge in [0.1, 0.15) is 5.56 Å². The third kappa shape index (κ3) is 2.31. The number of hydrogen-bond acceptors (Lipinski definition) is 5. The van der Waals surface area contributed by atoms with Crippen molar-refractivity contribution in [1.82, 2.24) is 14.5 Å². The first-order valence-corrected chi connectivity index (χ1v) is 7.47. The van der Waals surface area contributed by atoms with Crippen LogP contribution in [0.3, 0.4) is 0 Å². The Morgan fingerprint density at radius 2 is 2.12 bits per heavy atom. The molecule has 17 heavy (non-hydrogen) atoms. The minimum atomic E-state index is -3.77. The second kappa shape index (κ2) is 4.67. The zero-order valence-electron chi connectivity index (χ0n) is 8.79. The Balaban J connectivity index is 2.37. The summed E-state index contributed by atoms with van der Waals surface area (Å²) < 4.78 is 25.6. The molecule has 0 radical (unpaired) electrons. The van der Waals surface area contributed by atoms with Crippen LogP contribution in [0.5, 0.6) is 0 Å². The summed E-state index contributed by atoms with van der Waals surface area (Å²) >= 11 is 1.67. The summed E-state index contributed by atoms with van der Waals surface area (Å²) in [6.07, 6.45) is 1.01. The van der Waals surface area contributed by atoms with Crippen LogP contribution in [0.1, 0.15) is 10.4 Å². The molecule has 2 rings (SSSR count). The lowest BCUT2D eigenvalue weighted by molar-refractivity contribution is 0.0692. The molecule has 1 fully saturated rings. The number of rotatable bonds is 3. The largest absolute Gasteiger partial charge is 0.478 e. The van der Waals surface area contributed by atoms with Crippen molar-refractivity contribution in [2.45, 2.75) is 5.03 Å². The SMILES string of the molecule is O=C(O)c1cn[nH]c1S(=O)(=O)N1CCSCC1. The van der Waals surface area contributed by atoms with Gasteiger partial charge in [-0.25, -0.2) is 13.2 Å². The van der Waals surface area contributed by atoms with Crippen LogP contribution in [-0.2, 0) is 10.0 Å². The molecule has 1 aliphatic heterocycles. The summed E-state index contributed by atoms with van der Waals surface area (Å²) in [5.41, 5.74) is -0.316. The fourth-order valence-electron chi connectivity index (χ4n) is 1.54. The molecule has 0 unspecified atom stereocenters. The van der Waals surface area contributed by atoms with Crippen molar-refractivity contribution in [2.24, 2.45) is 0 Å². The normalized spacial score (nSPS) is 18.1. The van der Waals surface area contributed by atoms with Crippen molar-refractivity contribution >= 4 is 27.8 Å². The predicted molar refractivity (Wildman–Crippen MR) is 61.6 cm³/mol. The zero-order chi connectivity index (χ0) is 12.5. The summed E-state index contributed by atoms with van der Waals surface area (Å²) in [6.45, 7) is 0.788. The Morgan fingerprint density at radius 1 is 1.47 bits per heavy atom. The van der Waals surface area contributed by atoms with E-state index in [4.69, 9.17) is 5.11 Å². The van der Waals surface area contributed by atoms with Gasteiger partial charge in [0, 0.05) is 24.6 Å². The molecular weight excluding hydrogens is 266 g/mol. The Morgan fingerprint density at radius 3 is 2.71 bits per heavy atom. The summed E-state index contributed by atoms with van der Waals surface area (Å²) in [4.78, 5) is 10.9. The van der Waals surface area contributed by atoms with Gasteiger partial charge in [-0.05, 0) is 0 Å². The van der Waals surface area contributed by atoms with Gasteiger partial charge in [0.05, 0.1) is 6.20 Å². The molecule has 0 aromatic carbocycles. The van der Waals surface area contributed by atoms with Crippen molar-refractivity contribution in [3.05, 3.63) is 11.8 Å². The van der Waals surface area contributed by atoms with Gasteiger partial charge in [-0.15, -0.1) is 0 Å². The second-order valence-corrected chi connectivity index (χ2v) is 6.53. The molecule has 1 aliphatic rings. The third-order valence-electron chi connectivity index (χ3n) is 2.40. The van der Waals surface area contributed by atoms with E-state index in [2.05, 4.69) is 10.2 Å². The molecule has 2 heterocycles. The number of nitrogens with zero attached hydrogens (tertiary/aromatic N) is 2. The average Bonchev–Trinajstić information content (AvgIpc) is 2.80. The number of carboxylic acid groups (broad SMARTS) is 1. The highest BCUT2D eigenvalue weighted by molar-refractivity contribution is 7.99. The van der Waals surface area contributed by atoms with Gasteiger partial charge in [0.25, 0.3) is 10.0 Å². The highest BCUT2D eigenvalue weighted by atomic mass is 32.2. The first kappa shape index (κ1) is 12.4. The van der Waals surface area contributed by atoms with Crippen LogP contribution in [0.15, 0.2) is 11.2 Å². The number of carboxylic acids is 1. The first-order valence-electron chi connectivity index (χ1n) is 4.88. The van der Waals surface area contributed by atoms with Crippen LogP contribution in [0.2, 0.25) is 0 Å². The number of thioether (sulfide) groups is 1. The van der Waals surface area contributed by atoms with Crippen molar-refractivity contribution in [3.63, 3.8) is 0 Å². The van der Waals surface area contributed by atoms with E-state index in [0.29, 0.717) is 13.1 Å². The molecular formula is C8H11N3O4S2. The van der Waals surface area contributed by atoms with Gasteiger partial charge in [-0.1, -0.05) is 0 Å². The lowest BCUT2D eigenvalue weighted by Gasteiger charge is -2.24. The third-order valence-corrected chi connectivity index (χ3v) is 5.22. The summed E-state index contributed by atoms with van der Waals surface area (Å²) in [5, 5.41) is 14.3. The summed E-state index contributed by atoms with van der Waals surface area (Å²) in [7, 11) is -3.77. The summed E-state index contributed by atoms with van der Waals surface area (Å²) in [5.74, 6) is 0.134. The van der Waals surface area contributed by atoms with Crippen LogP contribution in [-0.4, -0.2) is 58.6 Å². The fraction of sp³-hybridized carbons (Fsp3) is 0.500. The topological polar surface area (TPSA) is 103 Å². The number of aromatic amines is 1. The molecule has 1 saturated heterocycles. The predicted octanol–water partition coefficient (Wildman–Crippen LogP) is -0.155. The maximum atomic E-state index is 12.2. The average molecular weight is 277 g/mol. The lowest BCUT2D eigenvalue weighted by Crippen LogP contribution is -2.38. The highest BCUT2D eigenvalue weighted by Crippen LogP contribution is 2.21. The van der Waals surface area contributed by atoms with Crippen LogP contribution in [0.25, 0.3) is 0 Å². The molecule has 0 amide bonds. The number of aromatic nitrogens is 2. The van der Waals surface area contributed by atoms with E-state index in [-0.39, 0.29) is 10.6 Å². The van der Waals surface area contributed by atoms with Crippen molar-refractivity contribution in [3.8, 4) is 0 Å². The molecule has 0 saturated carbocycles. The van der Waals surface area contributed by atoms with Crippen molar-refractivity contribution < 1.29 is 18.3 Å². The molecule has 2 N–H and O–H groups in total. The number of nitrogens with one attached hydrogen (secondary N) is 1. The minimum Gasteiger partial charge on any atom is -0.478 e. The van der Waals surface area contributed by atoms with E-state index in [9.17, 15) is 13.2 Å². The highest BCUT2D eigenvalue weighted by Gasteiger charge is 2.31. The zero-order valence-corrected chi connectivity index (χ0v) is 10.4. The molecule has 1 aromatic heterocycles. The van der Waals surface area contributed by atoms with E-state index in [1.807, 2.05) is 0 Å². The molecule has 0 spiro atoms. The smallest absolute Gasteiger partial charge is 0.340 e. The van der Waals surface area contributed by atoms with Gasteiger partial charge in [0.2, 0.25) is 0 Å². The molecule has 1 aromatic rings. The van der Waals surface area contributed by atoms with Gasteiger partial charge in [-0.3, -0.25) is 5.10 Å². The van der Waals surface area contributed by atoms with Gasteiger partial charge >= 0.3 is 5.97 Å². The Bertz CT molecular complexity index is 519. The Labute approximate surface area is 102 Å². The fourth-order valence-corrected chi connectivity index (χ4v) is 4.18. The minimum absolute atomic E-state index is 0.316. The van der Waals surface area contributed by atoms with E-state index in [0.717, 1.165) is 17.7 Å². The number of carbonyl (C=O) groups is 1. The molecule has 0 aliphatic carbocycles. The van der Waals surface area contributed by atoms with Crippen molar-refractivity contribution in [2.75, 3.05) is 24.6 Å². The molecule has 0 atom stereocenters. The van der Waals surface area contributed by atoms with Gasteiger partial charge in [-0.2, -0.15) is 21.2 Å². The lowest BCUT2D eigenvalue weighted by atomic mass is 10.4. The summed E-state index contributed by atoms with van der Waals surface area (Å²) in [6, 6.07) is 0. The van der Waals surface area contributed by atoms with Crippen LogP contribution < -0.4 is 0 Å². The van der Waals surface area contributed by atoms with Gasteiger partial charge in [0.15, 0.2) is 5.03 Å².